The van der Waals surface area contributed by atoms with Crippen LogP contribution in [-0.2, 0) is 0 Å². The molecule has 0 aromatic carbocycles. The average Bonchev–Trinajstić information content (AvgIpc) is 1.66. The molecule has 4 heteroatoms. The van der Waals surface area contributed by atoms with Crippen molar-refractivity contribution in [3.63, 3.8) is 0 Å². The Morgan fingerprint density at radius 1 is 1.25 bits per heavy atom. The minimum Gasteiger partial charge on any atom is -0.330 e. The first-order valence-electron chi connectivity index (χ1n) is 2.75. The molecule has 0 rings (SSSR count). The average molecular weight is 172 g/mol. The molecule has 1 nitrogen and oxygen atoms in total. The van der Waals surface area contributed by atoms with Crippen LogP contribution in [0.3, 0.4) is 0 Å². The van der Waals surface area contributed by atoms with Gasteiger partial charge in [0.2, 0.25) is 7.42 Å². The summed E-state index contributed by atoms with van der Waals surface area (Å²) < 4.78 is 0. The molecule has 0 saturated heterocycles. The van der Waals surface area contributed by atoms with E-state index in [-0.39, 0.29) is 0 Å². The summed E-state index contributed by atoms with van der Waals surface area (Å²) in [6.07, 6.45) is 2.16. The molecule has 2 N–H and O–H groups in total. The highest BCUT2D eigenvalue weighted by Crippen LogP contribution is 2.07. The van der Waals surface area contributed by atoms with E-state index in [9.17, 15) is 0 Å². The Kier molecular flexibility index (Phi) is 6.44. The van der Waals surface area contributed by atoms with E-state index in [4.69, 9.17) is 27.9 Å². The third kappa shape index (κ3) is 6.76. The van der Waals surface area contributed by atoms with Gasteiger partial charge in [0.15, 0.2) is 0 Å². The van der Waals surface area contributed by atoms with Crippen molar-refractivity contribution in [2.24, 2.45) is 5.73 Å². The van der Waals surface area contributed by atoms with Crippen molar-refractivity contribution < 1.29 is 0 Å². The van der Waals surface area contributed by atoms with E-state index >= 15 is 0 Å². The second-order valence-electron chi connectivity index (χ2n) is 1.68. The molecule has 0 saturated carbocycles. The Bertz CT molecular complexity index is 51.3. The standard InChI is InChI=1S/C4H11Cl2NSi/c5-8(6)4-2-1-3-7/h8H,1-4,7H2. The van der Waals surface area contributed by atoms with E-state index < -0.39 is 7.42 Å². The van der Waals surface area contributed by atoms with Crippen LogP contribution < -0.4 is 5.73 Å². The summed E-state index contributed by atoms with van der Waals surface area (Å²) in [5.41, 5.74) is 5.24. The van der Waals surface area contributed by atoms with Gasteiger partial charge in [-0.3, -0.25) is 0 Å². The molecule has 8 heavy (non-hydrogen) atoms. The molecule has 0 aromatic heterocycles. The van der Waals surface area contributed by atoms with Gasteiger partial charge < -0.3 is 5.73 Å². The molecule has 0 unspecified atom stereocenters. The zero-order valence-corrected chi connectivity index (χ0v) is 7.41. The monoisotopic (exact) mass is 171 g/mol. The molecule has 0 spiro atoms. The molecule has 0 heterocycles. The number of unbranched alkanes of at least 4 members (excludes halogenated alkanes) is 1. The van der Waals surface area contributed by atoms with Crippen molar-refractivity contribution in [2.45, 2.75) is 18.9 Å². The molecule has 0 aliphatic rings. The zero-order chi connectivity index (χ0) is 6.41. The van der Waals surface area contributed by atoms with Crippen LogP contribution in [0.5, 0.6) is 0 Å². The summed E-state index contributed by atoms with van der Waals surface area (Å²) in [6.45, 7) is 0.759. The maximum absolute atomic E-state index is 5.58. The number of hydrogen-bond donors (Lipinski definition) is 1. The van der Waals surface area contributed by atoms with Crippen LogP contribution in [0.15, 0.2) is 0 Å². The van der Waals surface area contributed by atoms with Gasteiger partial charge in [-0.05, 0) is 19.0 Å². The lowest BCUT2D eigenvalue weighted by Gasteiger charge is -1.95. The molecule has 0 atom stereocenters. The molecule has 0 aliphatic carbocycles. The van der Waals surface area contributed by atoms with Gasteiger partial charge in [0.25, 0.3) is 0 Å². The Labute approximate surface area is 61.2 Å². The van der Waals surface area contributed by atoms with Crippen molar-refractivity contribution >= 4 is 29.6 Å². The van der Waals surface area contributed by atoms with Crippen LogP contribution >= 0.6 is 22.2 Å². The van der Waals surface area contributed by atoms with E-state index in [1.807, 2.05) is 0 Å². The molecule has 0 amide bonds. The fourth-order valence-electron chi connectivity index (χ4n) is 0.443. The highest BCUT2D eigenvalue weighted by Gasteiger charge is 1.98. The fraction of sp³-hybridized carbons (Fsp3) is 1.00. The van der Waals surface area contributed by atoms with Gasteiger partial charge in [0.1, 0.15) is 0 Å². The summed E-state index contributed by atoms with van der Waals surface area (Å²) in [5.74, 6) is 0. The molecular formula is C4H11Cl2NSi. The Morgan fingerprint density at radius 2 is 1.88 bits per heavy atom. The summed E-state index contributed by atoms with van der Waals surface area (Å²) in [6, 6.07) is 1.00. The Hall–Kier alpha value is 0.757. The Morgan fingerprint density at radius 3 is 2.25 bits per heavy atom. The predicted octanol–water partition coefficient (Wildman–Crippen LogP) is 1.42. The first-order valence-corrected chi connectivity index (χ1v) is 7.06. The van der Waals surface area contributed by atoms with Gasteiger partial charge in [-0.25, -0.2) is 0 Å². The molecule has 0 bridgehead atoms. The zero-order valence-electron chi connectivity index (χ0n) is 4.74. The van der Waals surface area contributed by atoms with Crippen molar-refractivity contribution in [3.05, 3.63) is 0 Å². The van der Waals surface area contributed by atoms with E-state index in [0.717, 1.165) is 25.4 Å². The maximum Gasteiger partial charge on any atom is 0.237 e. The smallest absolute Gasteiger partial charge is 0.237 e. The van der Waals surface area contributed by atoms with Gasteiger partial charge in [-0.1, -0.05) is 6.42 Å². The fourth-order valence-corrected chi connectivity index (χ4v) is 1.97. The van der Waals surface area contributed by atoms with Crippen LogP contribution in [0.2, 0.25) is 6.04 Å². The molecule has 0 aromatic rings. The lowest BCUT2D eigenvalue weighted by atomic mass is 10.3. The van der Waals surface area contributed by atoms with Crippen molar-refractivity contribution in [1.82, 2.24) is 0 Å². The van der Waals surface area contributed by atoms with Crippen LogP contribution in [0.25, 0.3) is 0 Å². The topological polar surface area (TPSA) is 26.0 Å². The molecule has 0 radical (unpaired) electrons. The third-order valence-electron chi connectivity index (χ3n) is 0.876. The van der Waals surface area contributed by atoms with E-state index in [1.54, 1.807) is 0 Å². The quantitative estimate of drug-likeness (QED) is 0.387. The number of rotatable bonds is 4. The van der Waals surface area contributed by atoms with Crippen LogP contribution in [-0.4, -0.2) is 14.0 Å². The third-order valence-corrected chi connectivity index (χ3v) is 3.03. The van der Waals surface area contributed by atoms with Gasteiger partial charge in [0, 0.05) is 0 Å². The highest BCUT2D eigenvalue weighted by molar-refractivity contribution is 7.33. The molecule has 0 fully saturated rings. The summed E-state index contributed by atoms with van der Waals surface area (Å²) in [4.78, 5) is 0. The lowest BCUT2D eigenvalue weighted by Crippen LogP contribution is -1.99. The number of halogens is 2. The van der Waals surface area contributed by atoms with Crippen LogP contribution in [0.4, 0.5) is 0 Å². The second-order valence-corrected chi connectivity index (χ2v) is 6.87. The van der Waals surface area contributed by atoms with E-state index in [1.165, 1.54) is 0 Å². The normalized spacial score (nSPS) is 10.5. The van der Waals surface area contributed by atoms with Crippen molar-refractivity contribution in [3.8, 4) is 0 Å². The molecule has 50 valence electrons. The van der Waals surface area contributed by atoms with Gasteiger partial charge in [-0.15, -0.1) is 0 Å². The van der Waals surface area contributed by atoms with Gasteiger partial charge >= 0.3 is 0 Å². The van der Waals surface area contributed by atoms with Gasteiger partial charge in [0.05, 0.1) is 0 Å². The lowest BCUT2D eigenvalue weighted by molar-refractivity contribution is 0.804. The van der Waals surface area contributed by atoms with E-state index in [0.29, 0.717) is 0 Å². The van der Waals surface area contributed by atoms with Crippen molar-refractivity contribution in [2.75, 3.05) is 6.54 Å². The minimum atomic E-state index is -1.31. The number of hydrogen-bond acceptors (Lipinski definition) is 1. The predicted molar refractivity (Wildman–Crippen MR) is 42.0 cm³/mol. The molecule has 0 aliphatic heterocycles. The van der Waals surface area contributed by atoms with Crippen LogP contribution in [0, 0.1) is 0 Å². The summed E-state index contributed by atoms with van der Waals surface area (Å²) in [7, 11) is -1.31. The molecular weight excluding hydrogens is 161 g/mol. The number of nitrogens with two attached hydrogens (primary N) is 1. The van der Waals surface area contributed by atoms with E-state index in [2.05, 4.69) is 0 Å². The second kappa shape index (κ2) is 5.89. The van der Waals surface area contributed by atoms with Crippen LogP contribution in [0.1, 0.15) is 12.8 Å². The maximum atomic E-state index is 5.58. The first kappa shape index (κ1) is 8.76. The highest BCUT2D eigenvalue weighted by atomic mass is 35.7. The van der Waals surface area contributed by atoms with Gasteiger partial charge in [-0.2, -0.15) is 22.2 Å². The summed E-state index contributed by atoms with van der Waals surface area (Å²) in [5, 5.41) is 0. The SMILES string of the molecule is NCCCC[SiH](Cl)Cl. The first-order chi connectivity index (χ1) is 3.77. The Balaban J connectivity index is 2.72. The van der Waals surface area contributed by atoms with Crippen molar-refractivity contribution in [1.29, 1.82) is 0 Å². The largest absolute Gasteiger partial charge is 0.330 e. The minimum absolute atomic E-state index is 0.759. The summed E-state index contributed by atoms with van der Waals surface area (Å²) >= 11 is 11.2.